The molecule has 84 valence electrons. The molecule has 1 aromatic rings. The van der Waals surface area contributed by atoms with Crippen molar-refractivity contribution >= 4 is 19.2 Å². The van der Waals surface area contributed by atoms with Crippen molar-refractivity contribution in [3.05, 3.63) is 18.2 Å². The molecule has 0 unspecified atom stereocenters. The Balaban J connectivity index is 0.000000606. The smallest absolute Gasteiger partial charge is 0.291 e. The van der Waals surface area contributed by atoms with Gasteiger partial charge in [0.05, 0.1) is 0 Å². The summed E-state index contributed by atoms with van der Waals surface area (Å²) in [4.78, 5) is 21.3. The molecule has 2 heterocycles. The zero-order valence-corrected chi connectivity index (χ0v) is 9.81. The van der Waals surface area contributed by atoms with Crippen LogP contribution < -0.4 is 5.46 Å². The highest BCUT2D eigenvalue weighted by Gasteiger charge is 2.21. The van der Waals surface area contributed by atoms with Crippen LogP contribution in [0, 0.1) is 0 Å². The largest absolute Gasteiger partial charge is 0.336 e. The first kappa shape index (κ1) is 12.7. The minimum atomic E-state index is -0.0949. The van der Waals surface area contributed by atoms with E-state index >= 15 is 0 Å². The van der Waals surface area contributed by atoms with Crippen LogP contribution in [0.3, 0.4) is 0 Å². The monoisotopic (exact) mass is 217 g/mol. The number of carbonyl (C=O) groups excluding carboxylic acids is 1. The Kier molecular flexibility index (Phi) is 4.96. The van der Waals surface area contributed by atoms with Crippen LogP contribution in [0.2, 0.25) is 0 Å². The molecule has 1 fully saturated rings. The van der Waals surface area contributed by atoms with E-state index in [9.17, 15) is 4.79 Å². The van der Waals surface area contributed by atoms with Gasteiger partial charge in [0.1, 0.15) is 7.85 Å². The lowest BCUT2D eigenvalue weighted by Crippen LogP contribution is -2.29. The molecule has 0 atom stereocenters. The van der Waals surface area contributed by atoms with Crippen LogP contribution in [0.5, 0.6) is 0 Å². The van der Waals surface area contributed by atoms with E-state index in [0.29, 0.717) is 5.46 Å². The normalized spacial score (nSPS) is 14.2. The predicted molar refractivity (Wildman–Crippen MR) is 63.9 cm³/mol. The first-order chi connectivity index (χ1) is 7.77. The van der Waals surface area contributed by atoms with Gasteiger partial charge in [0, 0.05) is 25.5 Å². The summed E-state index contributed by atoms with van der Waals surface area (Å²) >= 11 is 0. The SMILES string of the molecule is CC.[B]c1cnc(C(=O)N2CCCC2)nc1. The molecule has 4 nitrogen and oxygen atoms in total. The number of rotatable bonds is 1. The molecule has 1 aromatic heterocycles. The number of nitrogens with zero attached hydrogens (tertiary/aromatic N) is 3. The van der Waals surface area contributed by atoms with Crippen molar-refractivity contribution in [3.8, 4) is 0 Å². The Morgan fingerprint density at radius 3 is 2.25 bits per heavy atom. The number of carbonyl (C=O) groups is 1. The van der Waals surface area contributed by atoms with E-state index in [-0.39, 0.29) is 11.7 Å². The molecular formula is C11H16BN3O. The second-order valence-electron chi connectivity index (χ2n) is 3.34. The average molecular weight is 217 g/mol. The number of aromatic nitrogens is 2. The minimum absolute atomic E-state index is 0.0949. The van der Waals surface area contributed by atoms with Gasteiger partial charge in [-0.15, -0.1) is 0 Å². The van der Waals surface area contributed by atoms with Gasteiger partial charge in [-0.1, -0.05) is 19.3 Å². The molecule has 1 aliphatic heterocycles. The zero-order valence-electron chi connectivity index (χ0n) is 9.81. The third-order valence-electron chi connectivity index (χ3n) is 2.26. The first-order valence-corrected chi connectivity index (χ1v) is 5.64. The van der Waals surface area contributed by atoms with Gasteiger partial charge in [-0.05, 0) is 12.8 Å². The lowest BCUT2D eigenvalue weighted by atomic mass is 10.0. The van der Waals surface area contributed by atoms with E-state index in [4.69, 9.17) is 7.85 Å². The van der Waals surface area contributed by atoms with Gasteiger partial charge in [-0.3, -0.25) is 4.79 Å². The Morgan fingerprint density at radius 1 is 1.25 bits per heavy atom. The van der Waals surface area contributed by atoms with Gasteiger partial charge in [-0.2, -0.15) is 0 Å². The summed E-state index contributed by atoms with van der Waals surface area (Å²) in [6, 6.07) is 0. The lowest BCUT2D eigenvalue weighted by Gasteiger charge is -2.13. The van der Waals surface area contributed by atoms with Crippen molar-refractivity contribution in [1.82, 2.24) is 14.9 Å². The molecule has 0 bridgehead atoms. The summed E-state index contributed by atoms with van der Waals surface area (Å²) in [6.07, 6.45) is 5.05. The highest BCUT2D eigenvalue weighted by molar-refractivity contribution is 6.31. The molecular weight excluding hydrogens is 201 g/mol. The highest BCUT2D eigenvalue weighted by Crippen LogP contribution is 2.09. The van der Waals surface area contributed by atoms with Gasteiger partial charge in [0.25, 0.3) is 5.91 Å². The van der Waals surface area contributed by atoms with Crippen LogP contribution in [0.25, 0.3) is 0 Å². The van der Waals surface area contributed by atoms with E-state index in [1.165, 1.54) is 12.4 Å². The van der Waals surface area contributed by atoms with Gasteiger partial charge in [0.15, 0.2) is 0 Å². The summed E-state index contributed by atoms with van der Waals surface area (Å²) in [5.41, 5.74) is 0.475. The fourth-order valence-electron chi connectivity index (χ4n) is 1.51. The van der Waals surface area contributed by atoms with Crippen molar-refractivity contribution in [2.24, 2.45) is 0 Å². The van der Waals surface area contributed by atoms with Gasteiger partial charge < -0.3 is 4.90 Å². The molecule has 0 N–H and O–H groups in total. The van der Waals surface area contributed by atoms with E-state index in [0.717, 1.165) is 25.9 Å². The molecule has 0 aromatic carbocycles. The van der Waals surface area contributed by atoms with E-state index < -0.39 is 0 Å². The standard InChI is InChI=1S/C9H10BN3O.C2H6/c10-7-5-11-8(12-6-7)9(14)13-3-1-2-4-13;1-2/h5-6H,1-4H2;1-2H3. The van der Waals surface area contributed by atoms with Crippen molar-refractivity contribution in [2.45, 2.75) is 26.7 Å². The number of hydrogen-bond acceptors (Lipinski definition) is 3. The molecule has 16 heavy (non-hydrogen) atoms. The third kappa shape index (κ3) is 3.05. The van der Waals surface area contributed by atoms with Crippen molar-refractivity contribution in [1.29, 1.82) is 0 Å². The van der Waals surface area contributed by atoms with Gasteiger partial charge in [-0.25, -0.2) is 9.97 Å². The van der Waals surface area contributed by atoms with Crippen LogP contribution in [-0.4, -0.2) is 41.7 Å². The topological polar surface area (TPSA) is 46.1 Å². The Morgan fingerprint density at radius 2 is 1.75 bits per heavy atom. The van der Waals surface area contributed by atoms with Crippen LogP contribution in [0.4, 0.5) is 0 Å². The maximum absolute atomic E-state index is 11.7. The van der Waals surface area contributed by atoms with E-state index in [1.54, 1.807) is 4.90 Å². The van der Waals surface area contributed by atoms with Crippen molar-refractivity contribution < 1.29 is 4.79 Å². The van der Waals surface area contributed by atoms with Crippen LogP contribution in [-0.2, 0) is 0 Å². The molecule has 2 radical (unpaired) electrons. The van der Waals surface area contributed by atoms with E-state index in [2.05, 4.69) is 9.97 Å². The molecule has 1 aliphatic rings. The van der Waals surface area contributed by atoms with Crippen molar-refractivity contribution in [3.63, 3.8) is 0 Å². The Labute approximate surface area is 97.5 Å². The number of amides is 1. The molecule has 2 rings (SSSR count). The Hall–Kier alpha value is -1.39. The summed E-state index contributed by atoms with van der Waals surface area (Å²) in [5, 5.41) is 0. The van der Waals surface area contributed by atoms with Crippen LogP contribution in [0.15, 0.2) is 12.4 Å². The van der Waals surface area contributed by atoms with Crippen LogP contribution >= 0.6 is 0 Å². The maximum atomic E-state index is 11.7. The highest BCUT2D eigenvalue weighted by atomic mass is 16.2. The van der Waals surface area contributed by atoms with Gasteiger partial charge >= 0.3 is 0 Å². The molecule has 1 saturated heterocycles. The van der Waals surface area contributed by atoms with Gasteiger partial charge in [0.2, 0.25) is 5.82 Å². The number of hydrogen-bond donors (Lipinski definition) is 0. The second kappa shape index (κ2) is 6.25. The molecule has 1 amide bonds. The lowest BCUT2D eigenvalue weighted by molar-refractivity contribution is 0.0781. The fourth-order valence-corrected chi connectivity index (χ4v) is 1.51. The zero-order chi connectivity index (χ0) is 12.0. The third-order valence-corrected chi connectivity index (χ3v) is 2.26. The summed E-state index contributed by atoms with van der Waals surface area (Å²) in [7, 11) is 5.43. The van der Waals surface area contributed by atoms with Crippen LogP contribution in [0.1, 0.15) is 37.3 Å². The summed E-state index contributed by atoms with van der Waals surface area (Å²) < 4.78 is 0. The molecule has 0 saturated carbocycles. The first-order valence-electron chi connectivity index (χ1n) is 5.64. The second-order valence-corrected chi connectivity index (χ2v) is 3.34. The Bertz CT molecular complexity index is 334. The maximum Gasteiger partial charge on any atom is 0.291 e. The average Bonchev–Trinajstić information content (AvgIpc) is 2.85. The number of likely N-dealkylation sites (tertiary alicyclic amines) is 1. The molecule has 0 aliphatic carbocycles. The summed E-state index contributed by atoms with van der Waals surface area (Å²) in [5.74, 6) is 0.142. The van der Waals surface area contributed by atoms with Crippen molar-refractivity contribution in [2.75, 3.05) is 13.1 Å². The quantitative estimate of drug-likeness (QED) is 0.644. The summed E-state index contributed by atoms with van der Waals surface area (Å²) in [6.45, 7) is 5.62. The minimum Gasteiger partial charge on any atom is -0.336 e. The van der Waals surface area contributed by atoms with E-state index in [1.807, 2.05) is 13.8 Å². The predicted octanol–water partition coefficient (Wildman–Crippen LogP) is 0.533. The molecule has 0 spiro atoms. The molecule has 5 heteroatoms. The fraction of sp³-hybridized carbons (Fsp3) is 0.545.